The maximum absolute atomic E-state index is 5.71. The van der Waals surface area contributed by atoms with Crippen molar-refractivity contribution < 1.29 is 37.3 Å². The number of benzene rings is 2. The van der Waals surface area contributed by atoms with Crippen LogP contribution in [0, 0.1) is 19.7 Å². The Labute approximate surface area is 158 Å². The molecule has 0 saturated carbocycles. The van der Waals surface area contributed by atoms with Crippen molar-refractivity contribution in [1.29, 1.82) is 0 Å². The Morgan fingerprint density at radius 2 is 1.91 bits per heavy atom. The van der Waals surface area contributed by atoms with E-state index in [0.717, 1.165) is 16.8 Å². The Morgan fingerprint density at radius 3 is 2.64 bits per heavy atom. The zero-order valence-corrected chi connectivity index (χ0v) is 15.6. The van der Waals surface area contributed by atoms with Gasteiger partial charge >= 0.3 is 0 Å². The number of rotatable bonds is 2. The fraction of sp³-hybridized carbons (Fsp3) is 0.111. The standard InChI is InChI=1S/C18H15N2.B.Y/c1-4-14-11-19-12-20(3)18(14)17-10-9-15-7-5-6-8-16(15)13(17)2;;/h1,4-10,12H,2-3H3;;/q-1;;. The third kappa shape index (κ3) is 3.21. The summed E-state index contributed by atoms with van der Waals surface area (Å²) in [5, 5.41) is 2.50. The number of aryl methyl sites for hydroxylation is 2. The number of hydrogen-bond donors (Lipinski definition) is 0. The largest absolute Gasteiger partial charge is 0.344 e. The molecule has 104 valence electrons. The monoisotopic (exact) mass is 359 g/mol. The molecule has 1 heterocycles. The summed E-state index contributed by atoms with van der Waals surface area (Å²) in [6, 6.07) is 12.7. The Balaban J connectivity index is 0.00000121. The summed E-state index contributed by atoms with van der Waals surface area (Å²) in [6.45, 7) is 7.85. The van der Waals surface area contributed by atoms with Gasteiger partial charge in [0.05, 0.1) is 7.05 Å². The van der Waals surface area contributed by atoms with Crippen molar-refractivity contribution in [2.75, 3.05) is 0 Å². The molecule has 22 heavy (non-hydrogen) atoms. The van der Waals surface area contributed by atoms with Crippen molar-refractivity contribution in [2.45, 2.75) is 6.92 Å². The van der Waals surface area contributed by atoms with Gasteiger partial charge in [-0.25, -0.2) is 5.56 Å². The molecule has 0 atom stereocenters. The van der Waals surface area contributed by atoms with Crippen molar-refractivity contribution in [3.05, 3.63) is 66.6 Å². The first-order valence-corrected chi connectivity index (χ1v) is 6.52. The van der Waals surface area contributed by atoms with Crippen molar-refractivity contribution in [3.63, 3.8) is 0 Å². The summed E-state index contributed by atoms with van der Waals surface area (Å²) in [5.74, 6) is 0. The van der Waals surface area contributed by atoms with Crippen molar-refractivity contribution in [1.82, 2.24) is 4.98 Å². The van der Waals surface area contributed by atoms with Gasteiger partial charge in [-0.3, -0.25) is 0 Å². The van der Waals surface area contributed by atoms with Crippen LogP contribution in [0.15, 0.2) is 42.7 Å². The van der Waals surface area contributed by atoms with Gasteiger partial charge < -0.3 is 17.2 Å². The fourth-order valence-electron chi connectivity index (χ4n) is 2.62. The molecule has 0 saturated heterocycles. The van der Waals surface area contributed by atoms with Gasteiger partial charge in [0.2, 0.25) is 6.33 Å². The second-order valence-electron chi connectivity index (χ2n) is 4.86. The fourth-order valence-corrected chi connectivity index (χ4v) is 2.62. The Morgan fingerprint density at radius 1 is 1.18 bits per heavy atom. The van der Waals surface area contributed by atoms with E-state index in [2.05, 4.69) is 54.5 Å². The van der Waals surface area contributed by atoms with Gasteiger partial charge in [-0.1, -0.05) is 36.4 Å². The molecule has 0 spiro atoms. The molecule has 0 aliphatic carbocycles. The molecule has 4 radical (unpaired) electrons. The Kier molecular flexibility index (Phi) is 6.64. The Bertz CT molecular complexity index is 815. The molecule has 2 aromatic carbocycles. The van der Waals surface area contributed by atoms with E-state index < -0.39 is 0 Å². The quantitative estimate of drug-likeness (QED) is 0.391. The summed E-state index contributed by atoms with van der Waals surface area (Å²) in [7, 11) is 1.97. The van der Waals surface area contributed by atoms with Crippen LogP contribution in [0.4, 0.5) is 0 Å². The van der Waals surface area contributed by atoms with E-state index in [1.54, 1.807) is 12.4 Å². The van der Waals surface area contributed by atoms with Gasteiger partial charge in [-0.2, -0.15) is 4.98 Å². The first-order valence-electron chi connectivity index (χ1n) is 6.52. The van der Waals surface area contributed by atoms with Gasteiger partial charge in [-0.15, -0.1) is 0 Å². The molecule has 2 nitrogen and oxygen atoms in total. The van der Waals surface area contributed by atoms with Crippen LogP contribution >= 0.6 is 0 Å². The molecule has 1 aromatic heterocycles. The van der Waals surface area contributed by atoms with Crippen LogP contribution in [0.3, 0.4) is 0 Å². The van der Waals surface area contributed by atoms with Crippen LogP contribution in [0.25, 0.3) is 28.1 Å². The van der Waals surface area contributed by atoms with Crippen LogP contribution < -0.4 is 4.57 Å². The van der Waals surface area contributed by atoms with Crippen molar-refractivity contribution >= 4 is 25.3 Å². The maximum atomic E-state index is 5.71. The van der Waals surface area contributed by atoms with Crippen LogP contribution in [-0.4, -0.2) is 13.4 Å². The molecule has 0 bridgehead atoms. The summed E-state index contributed by atoms with van der Waals surface area (Å²) in [4.78, 5) is 4.06. The van der Waals surface area contributed by atoms with Crippen LogP contribution in [0.2, 0.25) is 0 Å². The second-order valence-corrected chi connectivity index (χ2v) is 4.86. The van der Waals surface area contributed by atoms with Crippen molar-refractivity contribution in [3.8, 4) is 11.3 Å². The number of aromatic nitrogens is 2. The predicted octanol–water partition coefficient (Wildman–Crippen LogP) is 2.90. The average molecular weight is 359 g/mol. The molecular formula is C18H15BN2Y-. The smallest absolute Gasteiger partial charge is 0.202 e. The predicted molar refractivity (Wildman–Crippen MR) is 86.4 cm³/mol. The van der Waals surface area contributed by atoms with Gasteiger partial charge in [-0.05, 0) is 34.5 Å². The summed E-state index contributed by atoms with van der Waals surface area (Å²) < 4.78 is 1.98. The Hall–Kier alpha value is -1.31. The van der Waals surface area contributed by atoms with Crippen molar-refractivity contribution in [2.24, 2.45) is 7.05 Å². The van der Waals surface area contributed by atoms with E-state index in [9.17, 15) is 0 Å². The van der Waals surface area contributed by atoms with E-state index >= 15 is 0 Å². The maximum Gasteiger partial charge on any atom is 0.202 e. The van der Waals surface area contributed by atoms with E-state index in [0.29, 0.717) is 0 Å². The van der Waals surface area contributed by atoms with Crippen LogP contribution in [0.1, 0.15) is 11.1 Å². The van der Waals surface area contributed by atoms with Crippen LogP contribution in [0.5, 0.6) is 0 Å². The molecule has 0 fully saturated rings. The molecule has 3 aromatic rings. The molecular weight excluding hydrogens is 344 g/mol. The first-order chi connectivity index (χ1) is 9.72. The first kappa shape index (κ1) is 18.7. The average Bonchev–Trinajstić information content (AvgIpc) is 2.48. The third-order valence-electron chi connectivity index (χ3n) is 3.64. The minimum absolute atomic E-state index is 0. The summed E-state index contributed by atoms with van der Waals surface area (Å²) >= 11 is 0. The second kappa shape index (κ2) is 7.80. The van der Waals surface area contributed by atoms with Gasteiger partial charge in [0, 0.05) is 47.3 Å². The van der Waals surface area contributed by atoms with Gasteiger partial charge in [0.1, 0.15) is 0 Å². The summed E-state index contributed by atoms with van der Waals surface area (Å²) in [5.41, 5.74) is 4.24. The topological polar surface area (TPSA) is 16.8 Å². The molecule has 0 unspecified atom stereocenters. The molecule has 4 heteroatoms. The zero-order chi connectivity index (χ0) is 14.1. The minimum Gasteiger partial charge on any atom is -0.344 e. The normalized spacial score (nSPS) is 9.73. The number of nitrogens with zero attached hydrogens (tertiary/aromatic N) is 2. The van der Waals surface area contributed by atoms with E-state index in [1.165, 1.54) is 16.3 Å². The third-order valence-corrected chi connectivity index (χ3v) is 3.64. The molecule has 0 amide bonds. The van der Waals surface area contributed by atoms with E-state index in [1.807, 2.05) is 11.6 Å². The molecule has 0 aliphatic heterocycles. The van der Waals surface area contributed by atoms with Gasteiger partial charge in [0.15, 0.2) is 0 Å². The number of fused-ring (bicyclic) bond motifs is 1. The molecule has 3 rings (SSSR count). The SMILES string of the molecule is [B].[CH-]=Cc1[c-]nc[n+](C)c1-c1ccc2ccccc2c1C.[Y]. The molecule has 0 aliphatic rings. The van der Waals surface area contributed by atoms with Gasteiger partial charge in [0.25, 0.3) is 0 Å². The minimum atomic E-state index is 0. The van der Waals surface area contributed by atoms with Crippen LogP contribution in [-0.2, 0) is 39.8 Å². The summed E-state index contributed by atoms with van der Waals surface area (Å²) in [6.07, 6.45) is 6.25. The number of hydrogen-bond acceptors (Lipinski definition) is 1. The molecule has 0 N–H and O–H groups in total. The van der Waals surface area contributed by atoms with E-state index in [-0.39, 0.29) is 41.1 Å². The van der Waals surface area contributed by atoms with E-state index in [4.69, 9.17) is 6.58 Å². The zero-order valence-electron chi connectivity index (χ0n) is 12.7.